The molecule has 0 aliphatic carbocycles. The summed E-state index contributed by atoms with van der Waals surface area (Å²) in [4.78, 5) is 3.95. The summed E-state index contributed by atoms with van der Waals surface area (Å²) in [6.45, 7) is 3.23. The van der Waals surface area contributed by atoms with Gasteiger partial charge < -0.3 is 5.32 Å². The van der Waals surface area contributed by atoms with Crippen molar-refractivity contribution in [3.05, 3.63) is 11.2 Å². The minimum absolute atomic E-state index is 0. The molecule has 0 aromatic carbocycles. The maximum absolute atomic E-state index is 11.8. The van der Waals surface area contributed by atoms with Crippen molar-refractivity contribution in [2.24, 2.45) is 0 Å². The van der Waals surface area contributed by atoms with Crippen LogP contribution in [0.25, 0.3) is 0 Å². The number of hydrogen-bond donors (Lipinski definition) is 2. The van der Waals surface area contributed by atoms with Crippen molar-refractivity contribution in [2.75, 3.05) is 13.1 Å². The third kappa shape index (κ3) is 3.89. The zero-order valence-electron chi connectivity index (χ0n) is 9.47. The second kappa shape index (κ2) is 6.10. The number of rotatable bonds is 4. The summed E-state index contributed by atoms with van der Waals surface area (Å²) in [7, 11) is -3.36. The highest BCUT2D eigenvalue weighted by molar-refractivity contribution is 7.91. The van der Waals surface area contributed by atoms with E-state index < -0.39 is 10.0 Å². The van der Waals surface area contributed by atoms with Crippen LogP contribution in [0.3, 0.4) is 0 Å². The molecule has 0 amide bonds. The minimum Gasteiger partial charge on any atom is -0.313 e. The standard InChI is InChI=1S/C9H15N3O2S2.ClH/c1-7-11-6-9(15-7)16(13,14)12-5-8-3-2-4-10-8;/h6,8,10,12H,2-5H2,1H3;1H. The Kier molecular flexibility index (Phi) is 5.33. The Morgan fingerprint density at radius 2 is 2.41 bits per heavy atom. The number of halogens is 1. The topological polar surface area (TPSA) is 71.1 Å². The van der Waals surface area contributed by atoms with Gasteiger partial charge in [0.15, 0.2) is 4.21 Å². The SMILES string of the molecule is Cc1ncc(S(=O)(=O)NCC2CCCN2)s1.Cl. The van der Waals surface area contributed by atoms with E-state index in [4.69, 9.17) is 0 Å². The zero-order chi connectivity index (χ0) is 11.6. The molecule has 0 bridgehead atoms. The maximum Gasteiger partial charge on any atom is 0.251 e. The second-order valence-corrected chi connectivity index (χ2v) is 7.07. The van der Waals surface area contributed by atoms with Crippen LogP contribution in [0.5, 0.6) is 0 Å². The van der Waals surface area contributed by atoms with E-state index >= 15 is 0 Å². The fourth-order valence-corrected chi connectivity index (χ4v) is 3.91. The van der Waals surface area contributed by atoms with E-state index in [0.717, 1.165) is 24.4 Å². The van der Waals surface area contributed by atoms with Crippen molar-refractivity contribution < 1.29 is 8.42 Å². The summed E-state index contributed by atoms with van der Waals surface area (Å²) < 4.78 is 26.6. The van der Waals surface area contributed by atoms with Gasteiger partial charge >= 0.3 is 0 Å². The average Bonchev–Trinajstić information content (AvgIpc) is 2.85. The maximum atomic E-state index is 11.8. The molecule has 1 aliphatic rings. The molecule has 1 aromatic heterocycles. The predicted octanol–water partition coefficient (Wildman–Crippen LogP) is 0.904. The van der Waals surface area contributed by atoms with Gasteiger partial charge in [-0.3, -0.25) is 0 Å². The summed E-state index contributed by atoms with van der Waals surface area (Å²) in [5, 5.41) is 4.01. The Balaban J connectivity index is 0.00000144. The van der Waals surface area contributed by atoms with Crippen molar-refractivity contribution in [3.63, 3.8) is 0 Å². The predicted molar refractivity (Wildman–Crippen MR) is 70.3 cm³/mol. The number of thiazole rings is 1. The van der Waals surface area contributed by atoms with Crippen molar-refractivity contribution >= 4 is 33.8 Å². The molecule has 1 aromatic rings. The second-order valence-electron chi connectivity index (χ2n) is 3.84. The lowest BCUT2D eigenvalue weighted by Crippen LogP contribution is -2.36. The fraction of sp³-hybridized carbons (Fsp3) is 0.667. The summed E-state index contributed by atoms with van der Waals surface area (Å²) >= 11 is 1.20. The quantitative estimate of drug-likeness (QED) is 0.866. The summed E-state index contributed by atoms with van der Waals surface area (Å²) in [6, 6.07) is 0.267. The van der Waals surface area contributed by atoms with Gasteiger partial charge in [-0.1, -0.05) is 0 Å². The van der Waals surface area contributed by atoms with Gasteiger partial charge in [0.1, 0.15) is 0 Å². The highest BCUT2D eigenvalue weighted by atomic mass is 35.5. The number of nitrogens with zero attached hydrogens (tertiary/aromatic N) is 1. The highest BCUT2D eigenvalue weighted by Crippen LogP contribution is 2.17. The number of aryl methyl sites for hydroxylation is 1. The van der Waals surface area contributed by atoms with Crippen LogP contribution >= 0.6 is 23.7 Å². The third-order valence-corrected chi connectivity index (χ3v) is 5.34. The van der Waals surface area contributed by atoms with Crippen molar-refractivity contribution in [2.45, 2.75) is 30.0 Å². The van der Waals surface area contributed by atoms with Gasteiger partial charge in [-0.15, -0.1) is 23.7 Å². The van der Waals surface area contributed by atoms with Gasteiger partial charge in [0.05, 0.1) is 11.2 Å². The van der Waals surface area contributed by atoms with Crippen LogP contribution < -0.4 is 10.0 Å². The van der Waals surface area contributed by atoms with Crippen molar-refractivity contribution in [1.82, 2.24) is 15.0 Å². The van der Waals surface area contributed by atoms with Gasteiger partial charge in [-0.2, -0.15) is 0 Å². The van der Waals surface area contributed by atoms with E-state index in [1.165, 1.54) is 17.5 Å². The van der Waals surface area contributed by atoms with Gasteiger partial charge in [0.2, 0.25) is 0 Å². The molecule has 8 heteroatoms. The van der Waals surface area contributed by atoms with Crippen LogP contribution in [0.15, 0.2) is 10.4 Å². The lowest BCUT2D eigenvalue weighted by molar-refractivity contribution is 0.553. The zero-order valence-corrected chi connectivity index (χ0v) is 11.9. The van der Waals surface area contributed by atoms with Gasteiger partial charge in [-0.25, -0.2) is 18.1 Å². The normalized spacial score (nSPS) is 20.2. The molecule has 0 radical (unpaired) electrons. The summed E-state index contributed by atoms with van der Waals surface area (Å²) in [6.07, 6.45) is 3.56. The number of hydrogen-bond acceptors (Lipinski definition) is 5. The van der Waals surface area contributed by atoms with Crippen LogP contribution in [0, 0.1) is 6.92 Å². The molecular weight excluding hydrogens is 282 g/mol. The molecule has 2 N–H and O–H groups in total. The molecule has 1 unspecified atom stereocenters. The van der Waals surface area contributed by atoms with E-state index in [1.807, 2.05) is 0 Å². The highest BCUT2D eigenvalue weighted by Gasteiger charge is 2.20. The third-order valence-electron chi connectivity index (χ3n) is 2.55. The Bertz CT molecular complexity index is 455. The molecule has 2 rings (SSSR count). The molecule has 1 saturated heterocycles. The summed E-state index contributed by atoms with van der Waals surface area (Å²) in [5.41, 5.74) is 0. The molecule has 0 spiro atoms. The van der Waals surface area contributed by atoms with Crippen LogP contribution in [0.4, 0.5) is 0 Å². The van der Waals surface area contributed by atoms with Gasteiger partial charge in [-0.05, 0) is 26.3 Å². The largest absolute Gasteiger partial charge is 0.313 e. The van der Waals surface area contributed by atoms with Gasteiger partial charge in [0, 0.05) is 12.6 Å². The first-order valence-electron chi connectivity index (χ1n) is 5.23. The lowest BCUT2D eigenvalue weighted by Gasteiger charge is -2.10. The molecular formula is C9H16ClN3O2S2. The molecule has 5 nitrogen and oxygen atoms in total. The molecule has 1 aliphatic heterocycles. The Labute approximate surface area is 111 Å². The minimum atomic E-state index is -3.36. The van der Waals surface area contributed by atoms with E-state index in [0.29, 0.717) is 10.8 Å². The number of aromatic nitrogens is 1. The number of nitrogens with one attached hydrogen (secondary N) is 2. The van der Waals surface area contributed by atoms with E-state index in [9.17, 15) is 8.42 Å². The first kappa shape index (κ1) is 14.8. The van der Waals surface area contributed by atoms with Crippen LogP contribution in [0.2, 0.25) is 0 Å². The first-order valence-corrected chi connectivity index (χ1v) is 7.53. The smallest absolute Gasteiger partial charge is 0.251 e. The van der Waals surface area contributed by atoms with Crippen LogP contribution in [-0.2, 0) is 10.0 Å². The molecule has 98 valence electrons. The first-order chi connectivity index (χ1) is 7.58. The fourth-order valence-electron chi connectivity index (χ4n) is 1.68. The Hall–Kier alpha value is -0.210. The molecule has 17 heavy (non-hydrogen) atoms. The van der Waals surface area contributed by atoms with Crippen LogP contribution in [0.1, 0.15) is 17.8 Å². The Morgan fingerprint density at radius 1 is 1.65 bits per heavy atom. The lowest BCUT2D eigenvalue weighted by atomic mass is 10.2. The molecule has 2 heterocycles. The monoisotopic (exact) mass is 297 g/mol. The van der Waals surface area contributed by atoms with E-state index in [1.54, 1.807) is 6.92 Å². The van der Waals surface area contributed by atoms with Gasteiger partial charge in [0.25, 0.3) is 10.0 Å². The number of sulfonamides is 1. The van der Waals surface area contributed by atoms with Crippen molar-refractivity contribution in [3.8, 4) is 0 Å². The molecule has 1 atom stereocenters. The van der Waals surface area contributed by atoms with Crippen molar-refractivity contribution in [1.29, 1.82) is 0 Å². The average molecular weight is 298 g/mol. The molecule has 0 saturated carbocycles. The summed E-state index contributed by atoms with van der Waals surface area (Å²) in [5.74, 6) is 0. The van der Waals surface area contributed by atoms with Crippen LogP contribution in [-0.4, -0.2) is 32.5 Å². The molecule has 1 fully saturated rings. The van der Waals surface area contributed by atoms with E-state index in [-0.39, 0.29) is 18.4 Å². The Morgan fingerprint density at radius 3 is 2.94 bits per heavy atom. The van der Waals surface area contributed by atoms with E-state index in [2.05, 4.69) is 15.0 Å².